The van der Waals surface area contributed by atoms with Gasteiger partial charge in [0.15, 0.2) is 11.0 Å². The minimum Gasteiger partial charge on any atom is -0.369 e. The first-order chi connectivity index (χ1) is 10.6. The molecule has 0 spiro atoms. The van der Waals surface area contributed by atoms with Gasteiger partial charge in [0.2, 0.25) is 5.91 Å². The van der Waals surface area contributed by atoms with Crippen LogP contribution in [0.25, 0.3) is 11.0 Å². The molecule has 0 aliphatic carbocycles. The van der Waals surface area contributed by atoms with Crippen LogP contribution in [0.5, 0.6) is 0 Å². The second-order valence-electron chi connectivity index (χ2n) is 4.88. The number of H-pyrrole nitrogens is 1. The molecule has 2 aromatic carbocycles. The number of thioether (sulfide) groups is 1. The van der Waals surface area contributed by atoms with Crippen LogP contribution in [0.15, 0.2) is 53.7 Å². The van der Waals surface area contributed by atoms with Crippen LogP contribution in [0.1, 0.15) is 5.56 Å². The molecule has 1 amide bonds. The Balaban J connectivity index is 2.03. The molecule has 0 radical (unpaired) electrons. The van der Waals surface area contributed by atoms with Crippen molar-refractivity contribution < 1.29 is 9.36 Å². The monoisotopic (exact) mass is 332 g/mol. The lowest BCUT2D eigenvalue weighted by molar-refractivity contribution is -0.700. The molecule has 0 aliphatic rings. The van der Waals surface area contributed by atoms with E-state index in [2.05, 4.69) is 9.55 Å². The number of carbonyl (C=O) groups is 1. The number of carbonyl (C=O) groups excluding carboxylic acids is 1. The fraction of sp³-hybridized carbons (Fsp3) is 0.125. The van der Waals surface area contributed by atoms with E-state index >= 15 is 0 Å². The molecule has 1 aromatic heterocycles. The number of imidazole rings is 1. The maximum absolute atomic E-state index is 11.1. The Morgan fingerprint density at radius 1 is 1.18 bits per heavy atom. The van der Waals surface area contributed by atoms with Gasteiger partial charge in [-0.15, -0.1) is 0 Å². The third kappa shape index (κ3) is 3.10. The van der Waals surface area contributed by atoms with Crippen LogP contribution in [0.3, 0.4) is 0 Å². The zero-order valence-corrected chi connectivity index (χ0v) is 13.3. The predicted molar refractivity (Wildman–Crippen MR) is 89.0 cm³/mol. The lowest BCUT2D eigenvalue weighted by Crippen LogP contribution is -2.36. The Morgan fingerprint density at radius 3 is 2.68 bits per heavy atom. The number of nitrogens with two attached hydrogens (primary N) is 1. The summed E-state index contributed by atoms with van der Waals surface area (Å²) in [6, 6.07) is 15.8. The second-order valence-corrected chi connectivity index (χ2v) is 6.25. The smallest absolute Gasteiger partial charge is 0.317 e. The summed E-state index contributed by atoms with van der Waals surface area (Å²) < 4.78 is 2.12. The van der Waals surface area contributed by atoms with E-state index in [1.165, 1.54) is 11.8 Å². The SMILES string of the molecule is NC(=O)CSc1[nH]c2ccccc2[n+]1Cc1ccccc1Cl. The summed E-state index contributed by atoms with van der Waals surface area (Å²) in [6.45, 7) is 0.630. The highest BCUT2D eigenvalue weighted by atomic mass is 35.5. The molecule has 0 fully saturated rings. The molecule has 112 valence electrons. The fourth-order valence-electron chi connectivity index (χ4n) is 2.31. The van der Waals surface area contributed by atoms with Gasteiger partial charge >= 0.3 is 5.16 Å². The van der Waals surface area contributed by atoms with Crippen LogP contribution in [-0.4, -0.2) is 16.6 Å². The number of fused-ring (bicyclic) bond motifs is 1. The first-order valence-electron chi connectivity index (χ1n) is 6.80. The van der Waals surface area contributed by atoms with Crippen LogP contribution in [0.2, 0.25) is 5.02 Å². The molecule has 1 heterocycles. The molecule has 0 bridgehead atoms. The van der Waals surface area contributed by atoms with Crippen molar-refractivity contribution in [2.24, 2.45) is 5.73 Å². The molecule has 0 saturated heterocycles. The molecule has 0 atom stereocenters. The predicted octanol–water partition coefficient (Wildman–Crippen LogP) is 2.73. The summed E-state index contributed by atoms with van der Waals surface area (Å²) >= 11 is 7.66. The topological polar surface area (TPSA) is 62.8 Å². The van der Waals surface area contributed by atoms with E-state index in [9.17, 15) is 4.79 Å². The van der Waals surface area contributed by atoms with Crippen LogP contribution < -0.4 is 10.3 Å². The zero-order chi connectivity index (χ0) is 15.5. The maximum atomic E-state index is 11.1. The van der Waals surface area contributed by atoms with Crippen LogP contribution in [0, 0.1) is 0 Å². The van der Waals surface area contributed by atoms with Gasteiger partial charge in [0.25, 0.3) is 0 Å². The van der Waals surface area contributed by atoms with E-state index in [0.717, 1.165) is 26.8 Å². The van der Waals surface area contributed by atoms with Crippen molar-refractivity contribution in [3.8, 4) is 0 Å². The average Bonchev–Trinajstić information content (AvgIpc) is 2.85. The van der Waals surface area contributed by atoms with E-state index in [1.807, 2.05) is 48.5 Å². The summed E-state index contributed by atoms with van der Waals surface area (Å²) in [6.07, 6.45) is 0. The number of primary amides is 1. The third-order valence-corrected chi connectivity index (χ3v) is 4.71. The van der Waals surface area contributed by atoms with Crippen molar-refractivity contribution in [3.63, 3.8) is 0 Å². The Bertz CT molecular complexity index is 831. The van der Waals surface area contributed by atoms with Gasteiger partial charge in [0.05, 0.1) is 5.75 Å². The van der Waals surface area contributed by atoms with Crippen LogP contribution >= 0.6 is 23.4 Å². The van der Waals surface area contributed by atoms with E-state index < -0.39 is 0 Å². The number of amides is 1. The quantitative estimate of drug-likeness (QED) is 0.557. The van der Waals surface area contributed by atoms with Gasteiger partial charge in [-0.3, -0.25) is 4.79 Å². The van der Waals surface area contributed by atoms with E-state index in [-0.39, 0.29) is 11.7 Å². The Kier molecular flexibility index (Phi) is 4.36. The molecule has 4 nitrogen and oxygen atoms in total. The summed E-state index contributed by atoms with van der Waals surface area (Å²) in [5.74, 6) is -0.108. The van der Waals surface area contributed by atoms with Gasteiger partial charge < -0.3 is 5.73 Å². The van der Waals surface area contributed by atoms with Crippen molar-refractivity contribution in [3.05, 3.63) is 59.1 Å². The van der Waals surface area contributed by atoms with Gasteiger partial charge in [-0.2, -0.15) is 0 Å². The third-order valence-electron chi connectivity index (χ3n) is 3.32. The van der Waals surface area contributed by atoms with Crippen LogP contribution in [0.4, 0.5) is 0 Å². The van der Waals surface area contributed by atoms with Gasteiger partial charge in [0, 0.05) is 10.6 Å². The number of para-hydroxylation sites is 2. The molecule has 0 aliphatic heterocycles. The molecular formula is C16H15ClN3OS+. The number of nitrogens with zero attached hydrogens (tertiary/aromatic N) is 1. The van der Waals surface area contributed by atoms with Crippen molar-refractivity contribution in [2.45, 2.75) is 11.7 Å². The number of nitrogens with one attached hydrogen (secondary N) is 1. The summed E-state index contributed by atoms with van der Waals surface area (Å²) in [4.78, 5) is 14.4. The molecule has 0 unspecified atom stereocenters. The maximum Gasteiger partial charge on any atom is 0.317 e. The largest absolute Gasteiger partial charge is 0.369 e. The highest BCUT2D eigenvalue weighted by Crippen LogP contribution is 2.20. The minimum atomic E-state index is -0.340. The molecule has 0 saturated carbocycles. The number of aromatic amines is 1. The number of hydrogen-bond donors (Lipinski definition) is 2. The molecule has 3 rings (SSSR count). The van der Waals surface area contributed by atoms with Gasteiger partial charge in [-0.05, 0) is 30.0 Å². The number of halogens is 1. The standard InChI is InChI=1S/C16H14ClN3OS/c17-12-6-2-1-5-11(12)9-20-14-8-4-3-7-13(14)19-16(20)22-10-15(18)21/h1-8H,9-10H2,(H2,18,21)/p+1. The minimum absolute atomic E-state index is 0.231. The first-order valence-corrected chi connectivity index (χ1v) is 8.16. The highest BCUT2D eigenvalue weighted by Gasteiger charge is 2.20. The second kappa shape index (κ2) is 6.42. The van der Waals surface area contributed by atoms with Crippen molar-refractivity contribution in [2.75, 3.05) is 5.75 Å². The molecule has 22 heavy (non-hydrogen) atoms. The van der Waals surface area contributed by atoms with E-state index in [0.29, 0.717) is 6.54 Å². The molecular weight excluding hydrogens is 318 g/mol. The van der Waals surface area contributed by atoms with Gasteiger partial charge in [-0.1, -0.05) is 41.9 Å². The van der Waals surface area contributed by atoms with E-state index in [4.69, 9.17) is 17.3 Å². The Labute approximate surface area is 137 Å². The number of aromatic nitrogens is 2. The summed E-state index contributed by atoms with van der Waals surface area (Å²) in [5, 5.41) is 1.62. The normalized spacial score (nSPS) is 11.0. The first kappa shape index (κ1) is 14.9. The Morgan fingerprint density at radius 2 is 1.91 bits per heavy atom. The van der Waals surface area contributed by atoms with Crippen molar-refractivity contribution >= 4 is 40.3 Å². The zero-order valence-electron chi connectivity index (χ0n) is 11.8. The van der Waals surface area contributed by atoms with Gasteiger partial charge in [-0.25, -0.2) is 9.55 Å². The molecule has 3 N–H and O–H groups in total. The summed E-state index contributed by atoms with van der Waals surface area (Å²) in [7, 11) is 0. The Hall–Kier alpha value is -1.98. The lowest BCUT2D eigenvalue weighted by atomic mass is 10.2. The van der Waals surface area contributed by atoms with Crippen molar-refractivity contribution in [1.82, 2.24) is 4.98 Å². The van der Waals surface area contributed by atoms with Gasteiger partial charge in [0.1, 0.15) is 6.54 Å². The number of rotatable bonds is 5. The molecule has 6 heteroatoms. The lowest BCUT2D eigenvalue weighted by Gasteiger charge is -2.04. The van der Waals surface area contributed by atoms with Crippen molar-refractivity contribution in [1.29, 1.82) is 0 Å². The van der Waals surface area contributed by atoms with E-state index in [1.54, 1.807) is 0 Å². The average molecular weight is 333 g/mol. The fourth-order valence-corrected chi connectivity index (χ4v) is 3.29. The highest BCUT2D eigenvalue weighted by molar-refractivity contribution is 7.99. The molecule has 3 aromatic rings. The summed E-state index contributed by atoms with van der Waals surface area (Å²) in [5.41, 5.74) is 8.36. The number of benzene rings is 2. The van der Waals surface area contributed by atoms with Crippen LogP contribution in [-0.2, 0) is 11.3 Å². The number of hydrogen-bond acceptors (Lipinski definition) is 2.